The Bertz CT molecular complexity index is 229. The summed E-state index contributed by atoms with van der Waals surface area (Å²) in [5.41, 5.74) is 0. The Morgan fingerprint density at radius 2 is 1.88 bits per heavy atom. The molecule has 0 aliphatic heterocycles. The van der Waals surface area contributed by atoms with Gasteiger partial charge in [-0.1, -0.05) is 6.92 Å². The predicted octanol–water partition coefficient (Wildman–Crippen LogP) is 2.51. The first-order chi connectivity index (χ1) is 7.17. The van der Waals surface area contributed by atoms with E-state index in [1.807, 2.05) is 0 Å². The Kier molecular flexibility index (Phi) is 5.78. The van der Waals surface area contributed by atoms with Crippen LogP contribution in [0.15, 0.2) is 0 Å². The van der Waals surface area contributed by atoms with Gasteiger partial charge >= 0.3 is 12.1 Å². The Morgan fingerprint density at radius 3 is 2.12 bits per heavy atom. The van der Waals surface area contributed by atoms with Crippen molar-refractivity contribution >= 4 is 5.97 Å². The van der Waals surface area contributed by atoms with Crippen molar-refractivity contribution in [2.75, 3.05) is 6.54 Å². The molecule has 0 saturated carbocycles. The van der Waals surface area contributed by atoms with Crippen molar-refractivity contribution in [3.05, 3.63) is 0 Å². The van der Waals surface area contributed by atoms with Crippen LogP contribution in [0.3, 0.4) is 0 Å². The van der Waals surface area contributed by atoms with Crippen LogP contribution in [0.2, 0.25) is 0 Å². The van der Waals surface area contributed by atoms with Crippen LogP contribution in [-0.2, 0) is 4.79 Å². The summed E-state index contributed by atoms with van der Waals surface area (Å²) in [5, 5.41) is 8.64. The Morgan fingerprint density at radius 1 is 1.38 bits per heavy atom. The number of halogens is 3. The number of carboxylic acids is 1. The van der Waals surface area contributed by atoms with E-state index in [-0.39, 0.29) is 12.5 Å². The highest BCUT2D eigenvalue weighted by atomic mass is 19.4. The van der Waals surface area contributed by atoms with Crippen molar-refractivity contribution in [2.45, 2.75) is 51.9 Å². The van der Waals surface area contributed by atoms with E-state index in [1.165, 1.54) is 4.90 Å². The van der Waals surface area contributed by atoms with Crippen LogP contribution in [0.5, 0.6) is 0 Å². The molecule has 0 radical (unpaired) electrons. The Labute approximate surface area is 93.2 Å². The van der Waals surface area contributed by atoms with E-state index in [9.17, 15) is 18.0 Å². The molecule has 0 aromatic heterocycles. The molecule has 0 aromatic rings. The van der Waals surface area contributed by atoms with Gasteiger partial charge in [-0.2, -0.15) is 13.2 Å². The third-order valence-electron chi connectivity index (χ3n) is 2.38. The number of aliphatic carboxylic acids is 1. The SMILES string of the molecule is CCC(CC(=O)O)N(CC(F)(F)F)C(C)C. The summed E-state index contributed by atoms with van der Waals surface area (Å²) in [5.74, 6) is -1.07. The fraction of sp³-hybridized carbons (Fsp3) is 0.900. The second kappa shape index (κ2) is 6.08. The molecule has 1 atom stereocenters. The minimum atomic E-state index is -4.30. The molecule has 0 fully saturated rings. The van der Waals surface area contributed by atoms with Crippen LogP contribution in [-0.4, -0.2) is 40.8 Å². The highest BCUT2D eigenvalue weighted by molar-refractivity contribution is 5.67. The lowest BCUT2D eigenvalue weighted by Crippen LogP contribution is -2.46. The zero-order chi connectivity index (χ0) is 12.9. The number of rotatable bonds is 6. The molecule has 6 heteroatoms. The second-order valence-electron chi connectivity index (χ2n) is 4.04. The predicted molar refractivity (Wildman–Crippen MR) is 54.2 cm³/mol. The minimum absolute atomic E-state index is 0.259. The summed E-state index contributed by atoms with van der Waals surface area (Å²) in [6.07, 6.45) is -4.17. The third kappa shape index (κ3) is 5.95. The van der Waals surface area contributed by atoms with E-state index in [0.29, 0.717) is 6.42 Å². The van der Waals surface area contributed by atoms with Crippen LogP contribution < -0.4 is 0 Å². The zero-order valence-corrected chi connectivity index (χ0v) is 9.71. The molecule has 0 heterocycles. The number of hydrogen-bond donors (Lipinski definition) is 1. The summed E-state index contributed by atoms with van der Waals surface area (Å²) >= 11 is 0. The van der Waals surface area contributed by atoms with Gasteiger partial charge in [0.25, 0.3) is 0 Å². The van der Waals surface area contributed by atoms with Gasteiger partial charge in [-0.3, -0.25) is 9.69 Å². The molecule has 96 valence electrons. The number of nitrogens with zero attached hydrogens (tertiary/aromatic N) is 1. The summed E-state index contributed by atoms with van der Waals surface area (Å²) in [4.78, 5) is 11.7. The standard InChI is InChI=1S/C10H18F3NO2/c1-4-8(5-9(15)16)14(7(2)3)6-10(11,12)13/h7-8H,4-6H2,1-3H3,(H,15,16). The van der Waals surface area contributed by atoms with Crippen LogP contribution in [0, 0.1) is 0 Å². The molecule has 0 rings (SSSR count). The maximum absolute atomic E-state index is 12.3. The van der Waals surface area contributed by atoms with E-state index in [2.05, 4.69) is 0 Å². The van der Waals surface area contributed by atoms with Crippen molar-refractivity contribution < 1.29 is 23.1 Å². The van der Waals surface area contributed by atoms with Gasteiger partial charge in [-0.25, -0.2) is 0 Å². The molecule has 0 amide bonds. The molecule has 0 aliphatic carbocycles. The lowest BCUT2D eigenvalue weighted by atomic mass is 10.1. The van der Waals surface area contributed by atoms with Gasteiger partial charge in [0.05, 0.1) is 13.0 Å². The molecule has 0 spiro atoms. The van der Waals surface area contributed by atoms with Crippen LogP contribution >= 0.6 is 0 Å². The van der Waals surface area contributed by atoms with Crippen molar-refractivity contribution in [3.8, 4) is 0 Å². The van der Waals surface area contributed by atoms with Crippen molar-refractivity contribution in [1.82, 2.24) is 4.90 Å². The fourth-order valence-corrected chi connectivity index (χ4v) is 1.64. The Hall–Kier alpha value is -0.780. The lowest BCUT2D eigenvalue weighted by Gasteiger charge is -2.34. The molecule has 16 heavy (non-hydrogen) atoms. The van der Waals surface area contributed by atoms with E-state index < -0.39 is 24.7 Å². The number of carbonyl (C=O) groups is 1. The fourth-order valence-electron chi connectivity index (χ4n) is 1.64. The van der Waals surface area contributed by atoms with E-state index in [1.54, 1.807) is 20.8 Å². The zero-order valence-electron chi connectivity index (χ0n) is 9.71. The van der Waals surface area contributed by atoms with E-state index >= 15 is 0 Å². The van der Waals surface area contributed by atoms with Crippen molar-refractivity contribution in [1.29, 1.82) is 0 Å². The molecular weight excluding hydrogens is 223 g/mol. The number of alkyl halides is 3. The van der Waals surface area contributed by atoms with E-state index in [4.69, 9.17) is 5.11 Å². The first kappa shape index (κ1) is 15.2. The topological polar surface area (TPSA) is 40.5 Å². The number of carboxylic acid groups (broad SMARTS) is 1. The normalized spacial score (nSPS) is 14.5. The summed E-state index contributed by atoms with van der Waals surface area (Å²) in [6.45, 7) is 3.91. The third-order valence-corrected chi connectivity index (χ3v) is 2.38. The Balaban J connectivity index is 4.66. The quantitative estimate of drug-likeness (QED) is 0.776. The smallest absolute Gasteiger partial charge is 0.401 e. The average Bonchev–Trinajstić information content (AvgIpc) is 2.08. The molecule has 3 nitrogen and oxygen atoms in total. The first-order valence-electron chi connectivity index (χ1n) is 5.21. The molecule has 0 saturated heterocycles. The lowest BCUT2D eigenvalue weighted by molar-refractivity contribution is -0.159. The van der Waals surface area contributed by atoms with E-state index in [0.717, 1.165) is 0 Å². The van der Waals surface area contributed by atoms with Gasteiger partial charge in [0.1, 0.15) is 0 Å². The molecule has 1 unspecified atom stereocenters. The molecule has 0 bridgehead atoms. The van der Waals surface area contributed by atoms with Gasteiger partial charge < -0.3 is 5.11 Å². The molecule has 0 aromatic carbocycles. The van der Waals surface area contributed by atoms with Gasteiger partial charge in [0.15, 0.2) is 0 Å². The van der Waals surface area contributed by atoms with Crippen LogP contribution in [0.1, 0.15) is 33.6 Å². The average molecular weight is 241 g/mol. The van der Waals surface area contributed by atoms with Crippen LogP contribution in [0.4, 0.5) is 13.2 Å². The number of hydrogen-bond acceptors (Lipinski definition) is 2. The summed E-state index contributed by atoms with van der Waals surface area (Å²) in [6, 6.07) is -0.898. The molecule has 0 aliphatic rings. The molecular formula is C10H18F3NO2. The highest BCUT2D eigenvalue weighted by Gasteiger charge is 2.35. The van der Waals surface area contributed by atoms with Gasteiger partial charge in [-0.15, -0.1) is 0 Å². The van der Waals surface area contributed by atoms with Gasteiger partial charge in [0.2, 0.25) is 0 Å². The maximum Gasteiger partial charge on any atom is 0.401 e. The minimum Gasteiger partial charge on any atom is -0.481 e. The summed E-state index contributed by atoms with van der Waals surface area (Å²) in [7, 11) is 0. The second-order valence-corrected chi connectivity index (χ2v) is 4.04. The van der Waals surface area contributed by atoms with Crippen LogP contribution in [0.25, 0.3) is 0 Å². The van der Waals surface area contributed by atoms with Crippen molar-refractivity contribution in [2.24, 2.45) is 0 Å². The first-order valence-corrected chi connectivity index (χ1v) is 5.21. The highest BCUT2D eigenvalue weighted by Crippen LogP contribution is 2.22. The van der Waals surface area contributed by atoms with Crippen molar-refractivity contribution in [3.63, 3.8) is 0 Å². The monoisotopic (exact) mass is 241 g/mol. The maximum atomic E-state index is 12.3. The van der Waals surface area contributed by atoms with Gasteiger partial charge in [0, 0.05) is 12.1 Å². The molecule has 1 N–H and O–H groups in total. The largest absolute Gasteiger partial charge is 0.481 e. The summed E-state index contributed by atoms with van der Waals surface area (Å²) < 4.78 is 36.9. The van der Waals surface area contributed by atoms with Gasteiger partial charge in [-0.05, 0) is 20.3 Å².